The summed E-state index contributed by atoms with van der Waals surface area (Å²) in [5, 5.41) is 2.84. The molecule has 1 aliphatic carbocycles. The molecule has 5 nitrogen and oxygen atoms in total. The topological polar surface area (TPSA) is 79.0 Å². The van der Waals surface area contributed by atoms with Gasteiger partial charge >= 0.3 is 0 Å². The summed E-state index contributed by atoms with van der Waals surface area (Å²) in [6.45, 7) is 3.85. The quantitative estimate of drug-likeness (QED) is 0.883. The van der Waals surface area contributed by atoms with E-state index in [1.807, 2.05) is 13.8 Å². The van der Waals surface area contributed by atoms with Crippen molar-refractivity contribution < 1.29 is 14.0 Å². The standard InChI is InChI=1S/C20H21FN2O3/c1-11(2)18(12-6-8-13(21)9-7-12)23-20(26)15-10-14-16(22-19(15)25)4-3-5-17(14)24/h6-11,18H,3-5H2,1-2H3,(H,22,25)(H,23,26). The second kappa shape index (κ2) is 7.23. The molecule has 0 saturated carbocycles. The number of hydrogen-bond acceptors (Lipinski definition) is 3. The van der Waals surface area contributed by atoms with Crippen molar-refractivity contribution >= 4 is 11.7 Å². The molecular weight excluding hydrogens is 335 g/mol. The van der Waals surface area contributed by atoms with Crippen molar-refractivity contribution in [3.05, 3.63) is 68.9 Å². The van der Waals surface area contributed by atoms with Gasteiger partial charge in [0.25, 0.3) is 11.5 Å². The number of amides is 1. The van der Waals surface area contributed by atoms with E-state index in [4.69, 9.17) is 0 Å². The molecule has 0 aliphatic heterocycles. The van der Waals surface area contributed by atoms with Gasteiger partial charge in [-0.3, -0.25) is 14.4 Å². The van der Waals surface area contributed by atoms with Gasteiger partial charge < -0.3 is 10.3 Å². The average molecular weight is 356 g/mol. The molecule has 0 radical (unpaired) electrons. The third-order valence-corrected chi connectivity index (χ3v) is 4.68. The van der Waals surface area contributed by atoms with Crippen LogP contribution in [-0.4, -0.2) is 16.7 Å². The van der Waals surface area contributed by atoms with Crippen molar-refractivity contribution in [3.63, 3.8) is 0 Å². The summed E-state index contributed by atoms with van der Waals surface area (Å²) < 4.78 is 13.2. The lowest BCUT2D eigenvalue weighted by Gasteiger charge is -2.23. The minimum atomic E-state index is -0.546. The van der Waals surface area contributed by atoms with E-state index in [0.29, 0.717) is 30.5 Å². The van der Waals surface area contributed by atoms with Crippen molar-refractivity contribution in [2.24, 2.45) is 5.92 Å². The number of aromatic amines is 1. The van der Waals surface area contributed by atoms with Gasteiger partial charge in [-0.15, -0.1) is 0 Å². The first-order chi connectivity index (χ1) is 12.4. The van der Waals surface area contributed by atoms with E-state index in [-0.39, 0.29) is 29.1 Å². The summed E-state index contributed by atoms with van der Waals surface area (Å²) >= 11 is 0. The lowest BCUT2D eigenvalue weighted by atomic mass is 9.93. The largest absolute Gasteiger partial charge is 0.345 e. The van der Waals surface area contributed by atoms with Crippen LogP contribution in [0.3, 0.4) is 0 Å². The molecule has 136 valence electrons. The fraction of sp³-hybridized carbons (Fsp3) is 0.350. The summed E-state index contributed by atoms with van der Waals surface area (Å²) in [5.74, 6) is -0.930. The second-order valence-corrected chi connectivity index (χ2v) is 6.93. The maximum absolute atomic E-state index is 13.2. The molecule has 1 aromatic carbocycles. The molecule has 2 aromatic rings. The van der Waals surface area contributed by atoms with Gasteiger partial charge in [-0.2, -0.15) is 0 Å². The molecule has 1 amide bonds. The molecule has 0 fully saturated rings. The van der Waals surface area contributed by atoms with Gasteiger partial charge in [0.1, 0.15) is 11.4 Å². The highest BCUT2D eigenvalue weighted by molar-refractivity contribution is 6.01. The molecular formula is C20H21FN2O3. The van der Waals surface area contributed by atoms with Gasteiger partial charge in [-0.1, -0.05) is 26.0 Å². The summed E-state index contributed by atoms with van der Waals surface area (Å²) in [7, 11) is 0. The first kappa shape index (κ1) is 18.0. The van der Waals surface area contributed by atoms with Gasteiger partial charge in [0.05, 0.1) is 6.04 Å². The Kier molecular flexibility index (Phi) is 5.02. The zero-order valence-corrected chi connectivity index (χ0v) is 14.8. The highest BCUT2D eigenvalue weighted by atomic mass is 19.1. The Bertz CT molecular complexity index is 900. The number of H-pyrrole nitrogens is 1. The van der Waals surface area contributed by atoms with E-state index in [1.165, 1.54) is 18.2 Å². The van der Waals surface area contributed by atoms with Gasteiger partial charge in [-0.25, -0.2) is 4.39 Å². The number of hydrogen-bond donors (Lipinski definition) is 2. The van der Waals surface area contributed by atoms with Crippen molar-refractivity contribution in [3.8, 4) is 0 Å². The van der Waals surface area contributed by atoms with Crippen LogP contribution in [0.4, 0.5) is 4.39 Å². The Balaban J connectivity index is 1.91. The van der Waals surface area contributed by atoms with Crippen LogP contribution in [0.15, 0.2) is 35.1 Å². The smallest absolute Gasteiger partial charge is 0.261 e. The predicted molar refractivity (Wildman–Crippen MR) is 95.8 cm³/mol. The zero-order chi connectivity index (χ0) is 18.8. The molecule has 0 saturated heterocycles. The van der Waals surface area contributed by atoms with Gasteiger partial charge in [0, 0.05) is 17.7 Å². The minimum absolute atomic E-state index is 0.0303. The number of rotatable bonds is 4. The summed E-state index contributed by atoms with van der Waals surface area (Å²) in [6, 6.07) is 6.91. The van der Waals surface area contributed by atoms with Crippen molar-refractivity contribution in [1.29, 1.82) is 0 Å². The number of nitrogens with one attached hydrogen (secondary N) is 2. The van der Waals surface area contributed by atoms with Crippen molar-refractivity contribution in [1.82, 2.24) is 10.3 Å². The lowest BCUT2D eigenvalue weighted by molar-refractivity contribution is 0.0924. The van der Waals surface area contributed by atoms with E-state index in [0.717, 1.165) is 5.56 Å². The number of pyridine rings is 1. The van der Waals surface area contributed by atoms with E-state index in [9.17, 15) is 18.8 Å². The normalized spacial score (nSPS) is 14.8. The van der Waals surface area contributed by atoms with Crippen molar-refractivity contribution in [2.75, 3.05) is 0 Å². The monoisotopic (exact) mass is 356 g/mol. The van der Waals surface area contributed by atoms with Crippen molar-refractivity contribution in [2.45, 2.75) is 39.2 Å². The van der Waals surface area contributed by atoms with Crippen LogP contribution in [0.2, 0.25) is 0 Å². The number of halogens is 1. The van der Waals surface area contributed by atoms with Crippen LogP contribution in [0, 0.1) is 11.7 Å². The molecule has 1 atom stereocenters. The van der Waals surface area contributed by atoms with Crippen LogP contribution in [0.5, 0.6) is 0 Å². The number of aromatic nitrogens is 1. The van der Waals surface area contributed by atoms with E-state index < -0.39 is 11.5 Å². The summed E-state index contributed by atoms with van der Waals surface area (Å²) in [5.41, 5.74) is 1.19. The van der Waals surface area contributed by atoms with Crippen LogP contribution < -0.4 is 10.9 Å². The number of fused-ring (bicyclic) bond motifs is 1. The Hall–Kier alpha value is -2.76. The highest BCUT2D eigenvalue weighted by Gasteiger charge is 2.24. The molecule has 0 bridgehead atoms. The number of ketones is 1. The molecule has 6 heteroatoms. The average Bonchev–Trinajstić information content (AvgIpc) is 2.60. The fourth-order valence-electron chi connectivity index (χ4n) is 3.27. The van der Waals surface area contributed by atoms with Gasteiger partial charge in [0.2, 0.25) is 0 Å². The SMILES string of the molecule is CC(C)C(NC(=O)c1cc2c([nH]c1=O)CCCC2=O)c1ccc(F)cc1. The summed E-state index contributed by atoms with van der Waals surface area (Å²) in [4.78, 5) is 39.7. The molecule has 1 heterocycles. The Morgan fingerprint density at radius 1 is 1.15 bits per heavy atom. The first-order valence-corrected chi connectivity index (χ1v) is 8.72. The van der Waals surface area contributed by atoms with E-state index >= 15 is 0 Å². The third-order valence-electron chi connectivity index (χ3n) is 4.68. The fourth-order valence-corrected chi connectivity index (χ4v) is 3.27. The Labute approximate surface area is 150 Å². The highest BCUT2D eigenvalue weighted by Crippen LogP contribution is 2.23. The Morgan fingerprint density at radius 3 is 2.50 bits per heavy atom. The van der Waals surface area contributed by atoms with Crippen LogP contribution in [0.1, 0.15) is 64.7 Å². The van der Waals surface area contributed by atoms with E-state index in [1.54, 1.807) is 12.1 Å². The maximum Gasteiger partial charge on any atom is 0.261 e. The molecule has 26 heavy (non-hydrogen) atoms. The third kappa shape index (κ3) is 3.59. The Morgan fingerprint density at radius 2 is 1.85 bits per heavy atom. The number of carbonyl (C=O) groups is 2. The minimum Gasteiger partial charge on any atom is -0.345 e. The van der Waals surface area contributed by atoms with Gasteiger partial charge in [-0.05, 0) is 42.5 Å². The first-order valence-electron chi connectivity index (χ1n) is 8.72. The summed E-state index contributed by atoms with van der Waals surface area (Å²) in [6.07, 6.45) is 1.75. The van der Waals surface area contributed by atoms with Crippen LogP contribution >= 0.6 is 0 Å². The molecule has 2 N–H and O–H groups in total. The molecule has 1 aliphatic rings. The molecule has 0 spiro atoms. The molecule has 3 rings (SSSR count). The van der Waals surface area contributed by atoms with Gasteiger partial charge in [0.15, 0.2) is 5.78 Å². The number of benzene rings is 1. The molecule has 1 aromatic heterocycles. The number of aryl methyl sites for hydroxylation is 1. The van der Waals surface area contributed by atoms with Crippen LogP contribution in [-0.2, 0) is 6.42 Å². The maximum atomic E-state index is 13.2. The number of carbonyl (C=O) groups excluding carboxylic acids is 2. The number of Topliss-reactive ketones (excluding diaryl/α,β-unsaturated/α-hetero) is 1. The zero-order valence-electron chi connectivity index (χ0n) is 14.8. The second-order valence-electron chi connectivity index (χ2n) is 6.93. The van der Waals surface area contributed by atoms with Crippen LogP contribution in [0.25, 0.3) is 0 Å². The molecule has 1 unspecified atom stereocenters. The van der Waals surface area contributed by atoms with E-state index in [2.05, 4.69) is 10.3 Å². The predicted octanol–water partition coefficient (Wildman–Crippen LogP) is 3.16. The lowest BCUT2D eigenvalue weighted by Crippen LogP contribution is -2.36.